The molecule has 0 unspecified atom stereocenters. The predicted molar refractivity (Wildman–Crippen MR) is 68.7 cm³/mol. The van der Waals surface area contributed by atoms with Gasteiger partial charge in [-0.15, -0.1) is 11.3 Å². The van der Waals surface area contributed by atoms with Crippen LogP contribution in [0.5, 0.6) is 0 Å². The molecule has 0 saturated heterocycles. The van der Waals surface area contributed by atoms with E-state index in [9.17, 15) is 0 Å². The summed E-state index contributed by atoms with van der Waals surface area (Å²) in [5, 5.41) is 3.68. The molecule has 1 aromatic heterocycles. The molecule has 0 nitrogen and oxygen atoms in total. The Balaban J connectivity index is 2.79. The Labute approximate surface area is 96.1 Å². The molecule has 1 aromatic carbocycles. The molecule has 0 radical (unpaired) electrons. The van der Waals surface area contributed by atoms with Gasteiger partial charge in [0, 0.05) is 19.0 Å². The highest BCUT2D eigenvalue weighted by Crippen LogP contribution is 2.31. The number of rotatable bonds is 1. The first-order valence-corrected chi connectivity index (χ1v) is 6.34. The largest absolute Gasteiger partial charge is 0.143 e. The maximum atomic E-state index is 2.41. The number of aryl methyl sites for hydroxylation is 2. The van der Waals surface area contributed by atoms with E-state index >= 15 is 0 Å². The van der Waals surface area contributed by atoms with Crippen LogP contribution in [-0.4, -0.2) is 0 Å². The minimum absolute atomic E-state index is 1.13. The third-order valence-electron chi connectivity index (χ3n) is 2.30. The zero-order valence-corrected chi connectivity index (χ0v) is 10.7. The molecular weight excluding hydrogens is 291 g/mol. The van der Waals surface area contributed by atoms with Crippen molar-refractivity contribution in [1.29, 1.82) is 0 Å². The second kappa shape index (κ2) is 3.58. The summed E-state index contributed by atoms with van der Waals surface area (Å²) < 4.78 is 2.82. The summed E-state index contributed by atoms with van der Waals surface area (Å²) in [6.45, 7) is 4.41. The number of hydrogen-bond donors (Lipinski definition) is 0. The summed E-state index contributed by atoms with van der Waals surface area (Å²) in [5.74, 6) is 0. The Hall–Kier alpha value is -0.0900. The SMILES string of the molecule is CCc1cc(C)c2c(I)csc2c1. The molecule has 2 aromatic rings. The van der Waals surface area contributed by atoms with Crippen molar-refractivity contribution in [3.05, 3.63) is 32.2 Å². The van der Waals surface area contributed by atoms with Crippen LogP contribution in [0.1, 0.15) is 18.1 Å². The van der Waals surface area contributed by atoms with Gasteiger partial charge in [0.15, 0.2) is 0 Å². The van der Waals surface area contributed by atoms with Gasteiger partial charge in [-0.25, -0.2) is 0 Å². The van der Waals surface area contributed by atoms with E-state index in [1.54, 1.807) is 0 Å². The average Bonchev–Trinajstić information content (AvgIpc) is 2.48. The van der Waals surface area contributed by atoms with Gasteiger partial charge in [0.2, 0.25) is 0 Å². The van der Waals surface area contributed by atoms with E-state index in [1.165, 1.54) is 24.8 Å². The third kappa shape index (κ3) is 1.62. The number of halogens is 1. The molecule has 1 heterocycles. The first-order chi connectivity index (χ1) is 6.22. The van der Waals surface area contributed by atoms with Gasteiger partial charge >= 0.3 is 0 Å². The number of fused-ring (bicyclic) bond motifs is 1. The van der Waals surface area contributed by atoms with Crippen molar-refractivity contribution in [2.24, 2.45) is 0 Å². The first-order valence-electron chi connectivity index (χ1n) is 4.38. The van der Waals surface area contributed by atoms with Crippen LogP contribution >= 0.6 is 33.9 Å². The fraction of sp³-hybridized carbons (Fsp3) is 0.273. The van der Waals surface area contributed by atoms with E-state index in [0.29, 0.717) is 0 Å². The van der Waals surface area contributed by atoms with Crippen molar-refractivity contribution in [1.82, 2.24) is 0 Å². The minimum atomic E-state index is 1.13. The zero-order valence-electron chi connectivity index (χ0n) is 7.73. The van der Waals surface area contributed by atoms with Crippen LogP contribution in [0.4, 0.5) is 0 Å². The summed E-state index contributed by atoms with van der Waals surface area (Å²) in [6.07, 6.45) is 1.13. The van der Waals surface area contributed by atoms with Crippen LogP contribution in [0.3, 0.4) is 0 Å². The molecule has 0 aliphatic carbocycles. The van der Waals surface area contributed by atoms with Crippen molar-refractivity contribution in [3.63, 3.8) is 0 Å². The highest BCUT2D eigenvalue weighted by atomic mass is 127. The van der Waals surface area contributed by atoms with Crippen molar-refractivity contribution in [3.8, 4) is 0 Å². The van der Waals surface area contributed by atoms with Crippen LogP contribution < -0.4 is 0 Å². The lowest BCUT2D eigenvalue weighted by Crippen LogP contribution is -1.82. The van der Waals surface area contributed by atoms with Crippen molar-refractivity contribution >= 4 is 44.0 Å². The van der Waals surface area contributed by atoms with Gasteiger partial charge in [0.05, 0.1) is 0 Å². The molecule has 2 rings (SSSR count). The van der Waals surface area contributed by atoms with Crippen molar-refractivity contribution in [2.45, 2.75) is 20.3 Å². The van der Waals surface area contributed by atoms with Crippen LogP contribution in [0.2, 0.25) is 0 Å². The van der Waals surface area contributed by atoms with E-state index in [4.69, 9.17) is 0 Å². The van der Waals surface area contributed by atoms with Gasteiger partial charge in [0.1, 0.15) is 0 Å². The van der Waals surface area contributed by atoms with Gasteiger partial charge in [0.25, 0.3) is 0 Å². The fourth-order valence-corrected chi connectivity index (χ4v) is 3.84. The Kier molecular flexibility index (Phi) is 2.60. The molecule has 0 aliphatic heterocycles. The van der Waals surface area contributed by atoms with Gasteiger partial charge in [-0.1, -0.05) is 13.0 Å². The molecule has 2 heteroatoms. The summed E-state index contributed by atoms with van der Waals surface area (Å²) in [5.41, 5.74) is 2.86. The Morgan fingerprint density at radius 3 is 2.85 bits per heavy atom. The van der Waals surface area contributed by atoms with Gasteiger partial charge in [-0.05, 0) is 53.1 Å². The molecule has 0 aliphatic rings. The molecule has 0 saturated carbocycles. The molecule has 0 atom stereocenters. The second-order valence-corrected chi connectivity index (χ2v) is 5.30. The van der Waals surface area contributed by atoms with Gasteiger partial charge in [-0.3, -0.25) is 0 Å². The molecule has 0 N–H and O–H groups in total. The van der Waals surface area contributed by atoms with Crippen LogP contribution in [0.25, 0.3) is 10.1 Å². The average molecular weight is 302 g/mol. The van der Waals surface area contributed by atoms with Crippen LogP contribution in [0, 0.1) is 10.5 Å². The summed E-state index contributed by atoms with van der Waals surface area (Å²) in [4.78, 5) is 0. The Bertz CT molecular complexity index is 443. The third-order valence-corrected chi connectivity index (χ3v) is 4.50. The van der Waals surface area contributed by atoms with Crippen molar-refractivity contribution in [2.75, 3.05) is 0 Å². The lowest BCUT2D eigenvalue weighted by atomic mass is 10.1. The maximum absolute atomic E-state index is 2.41. The number of hydrogen-bond acceptors (Lipinski definition) is 1. The van der Waals surface area contributed by atoms with E-state index in [1.807, 2.05) is 11.3 Å². The summed E-state index contributed by atoms with van der Waals surface area (Å²) >= 11 is 4.26. The van der Waals surface area contributed by atoms with E-state index < -0.39 is 0 Å². The molecular formula is C11H11IS. The lowest BCUT2D eigenvalue weighted by Gasteiger charge is -2.01. The normalized spacial score (nSPS) is 11.0. The molecule has 0 amide bonds. The predicted octanol–water partition coefficient (Wildman–Crippen LogP) is 4.38. The summed E-state index contributed by atoms with van der Waals surface area (Å²) in [7, 11) is 0. The Morgan fingerprint density at radius 2 is 2.15 bits per heavy atom. The maximum Gasteiger partial charge on any atom is 0.0359 e. The van der Waals surface area contributed by atoms with E-state index in [-0.39, 0.29) is 0 Å². The molecule has 68 valence electrons. The highest BCUT2D eigenvalue weighted by Gasteiger charge is 2.05. The standard InChI is InChI=1S/C11H11IS/c1-3-8-4-7(2)11-9(12)6-13-10(11)5-8/h4-6H,3H2,1-2H3. The summed E-state index contributed by atoms with van der Waals surface area (Å²) in [6, 6.07) is 4.62. The van der Waals surface area contributed by atoms with E-state index in [0.717, 1.165) is 6.42 Å². The monoisotopic (exact) mass is 302 g/mol. The van der Waals surface area contributed by atoms with Gasteiger partial charge in [-0.2, -0.15) is 0 Å². The smallest absolute Gasteiger partial charge is 0.0359 e. The number of benzene rings is 1. The molecule has 0 bridgehead atoms. The minimum Gasteiger partial charge on any atom is -0.143 e. The quantitative estimate of drug-likeness (QED) is 0.686. The first kappa shape index (κ1) is 9.46. The van der Waals surface area contributed by atoms with Crippen LogP contribution in [-0.2, 0) is 6.42 Å². The fourth-order valence-electron chi connectivity index (χ4n) is 1.60. The van der Waals surface area contributed by atoms with Crippen molar-refractivity contribution < 1.29 is 0 Å². The topological polar surface area (TPSA) is 0 Å². The zero-order chi connectivity index (χ0) is 9.42. The number of thiophene rings is 1. The second-order valence-electron chi connectivity index (χ2n) is 3.22. The van der Waals surface area contributed by atoms with Crippen LogP contribution in [0.15, 0.2) is 17.5 Å². The van der Waals surface area contributed by atoms with Gasteiger partial charge < -0.3 is 0 Å². The highest BCUT2D eigenvalue weighted by molar-refractivity contribution is 14.1. The Morgan fingerprint density at radius 1 is 1.38 bits per heavy atom. The van der Waals surface area contributed by atoms with E-state index in [2.05, 4.69) is 54.0 Å². The molecule has 0 fully saturated rings. The molecule has 0 spiro atoms. The molecule has 13 heavy (non-hydrogen) atoms. The lowest BCUT2D eigenvalue weighted by molar-refractivity contribution is 1.14.